The maximum absolute atomic E-state index is 12.8. The van der Waals surface area contributed by atoms with Gasteiger partial charge in [0.25, 0.3) is 0 Å². The summed E-state index contributed by atoms with van der Waals surface area (Å²) in [6.07, 6.45) is 0.951. The van der Waals surface area contributed by atoms with Crippen LogP contribution in [0.2, 0.25) is 0 Å². The fourth-order valence-electron chi connectivity index (χ4n) is 2.68. The van der Waals surface area contributed by atoms with Crippen molar-refractivity contribution in [3.63, 3.8) is 0 Å². The molecule has 1 aliphatic rings. The lowest BCUT2D eigenvalue weighted by atomic mass is 9.96. The third kappa shape index (κ3) is 3.27. The van der Waals surface area contributed by atoms with Crippen LogP contribution in [0.4, 0.5) is 13.2 Å². The number of hydrogen-bond acceptors (Lipinski definition) is 3. The van der Waals surface area contributed by atoms with Crippen LogP contribution in [0.5, 0.6) is 0 Å². The van der Waals surface area contributed by atoms with E-state index in [2.05, 4.69) is 15.3 Å². The van der Waals surface area contributed by atoms with Crippen molar-refractivity contribution >= 4 is 0 Å². The number of halogens is 3. The molecule has 0 radical (unpaired) electrons. The van der Waals surface area contributed by atoms with Crippen molar-refractivity contribution in [3.8, 4) is 11.3 Å². The van der Waals surface area contributed by atoms with E-state index in [1.165, 1.54) is 12.3 Å². The second-order valence-electron chi connectivity index (χ2n) is 5.45. The molecule has 0 amide bonds. The molecular weight excluding hydrogens is 291 g/mol. The predicted octanol–water partition coefficient (Wildman–Crippen LogP) is 3.63. The molecule has 1 aliphatic heterocycles. The second kappa shape index (κ2) is 6.04. The van der Waals surface area contributed by atoms with E-state index < -0.39 is 11.7 Å². The van der Waals surface area contributed by atoms with Gasteiger partial charge in [0.1, 0.15) is 0 Å². The molecule has 6 heteroatoms. The Morgan fingerprint density at radius 2 is 2.05 bits per heavy atom. The molecule has 0 saturated carbocycles. The van der Waals surface area contributed by atoms with Gasteiger partial charge in [0, 0.05) is 24.2 Å². The SMILES string of the molecule is FC(F)(F)c1cccc(-c2cncc(C3CCCNC3)n2)c1. The van der Waals surface area contributed by atoms with Crippen molar-refractivity contribution < 1.29 is 13.2 Å². The van der Waals surface area contributed by atoms with E-state index >= 15 is 0 Å². The molecule has 1 aromatic carbocycles. The first kappa shape index (κ1) is 15.0. The fraction of sp³-hybridized carbons (Fsp3) is 0.375. The third-order valence-electron chi connectivity index (χ3n) is 3.85. The molecule has 1 atom stereocenters. The summed E-state index contributed by atoms with van der Waals surface area (Å²) in [4.78, 5) is 8.68. The summed E-state index contributed by atoms with van der Waals surface area (Å²) in [5.41, 5.74) is 1.08. The van der Waals surface area contributed by atoms with Crippen LogP contribution in [0.15, 0.2) is 36.7 Å². The highest BCUT2D eigenvalue weighted by Gasteiger charge is 2.30. The predicted molar refractivity (Wildman–Crippen MR) is 77.3 cm³/mol. The van der Waals surface area contributed by atoms with E-state index in [0.717, 1.165) is 43.8 Å². The molecule has 0 spiro atoms. The molecule has 1 fully saturated rings. The molecular formula is C16H16F3N3. The Hall–Kier alpha value is -1.95. The lowest BCUT2D eigenvalue weighted by Crippen LogP contribution is -2.28. The average Bonchev–Trinajstić information content (AvgIpc) is 2.55. The second-order valence-corrected chi connectivity index (χ2v) is 5.45. The number of hydrogen-bond donors (Lipinski definition) is 1. The van der Waals surface area contributed by atoms with Crippen LogP contribution in [0.25, 0.3) is 11.3 Å². The molecule has 116 valence electrons. The van der Waals surface area contributed by atoms with Gasteiger partial charge in [0.05, 0.1) is 23.1 Å². The quantitative estimate of drug-likeness (QED) is 0.920. The summed E-state index contributed by atoms with van der Waals surface area (Å²) in [6.45, 7) is 1.83. The van der Waals surface area contributed by atoms with E-state index in [-0.39, 0.29) is 5.92 Å². The van der Waals surface area contributed by atoms with Gasteiger partial charge >= 0.3 is 6.18 Å². The van der Waals surface area contributed by atoms with Crippen molar-refractivity contribution in [1.29, 1.82) is 0 Å². The first-order chi connectivity index (χ1) is 10.5. The van der Waals surface area contributed by atoms with Crippen LogP contribution in [0.3, 0.4) is 0 Å². The monoisotopic (exact) mass is 307 g/mol. The molecule has 2 aromatic rings. The number of benzene rings is 1. The molecule has 1 unspecified atom stereocenters. The van der Waals surface area contributed by atoms with Crippen LogP contribution >= 0.6 is 0 Å². The van der Waals surface area contributed by atoms with Crippen LogP contribution in [0.1, 0.15) is 30.0 Å². The minimum Gasteiger partial charge on any atom is -0.316 e. The zero-order valence-corrected chi connectivity index (χ0v) is 11.9. The van der Waals surface area contributed by atoms with Gasteiger partial charge in [0.15, 0.2) is 0 Å². The topological polar surface area (TPSA) is 37.8 Å². The van der Waals surface area contributed by atoms with Crippen molar-refractivity contribution in [3.05, 3.63) is 47.9 Å². The van der Waals surface area contributed by atoms with Gasteiger partial charge in [-0.25, -0.2) is 4.98 Å². The highest BCUT2D eigenvalue weighted by Crippen LogP contribution is 2.32. The van der Waals surface area contributed by atoms with Gasteiger partial charge in [-0.15, -0.1) is 0 Å². The van der Waals surface area contributed by atoms with Gasteiger partial charge in [0.2, 0.25) is 0 Å². The lowest BCUT2D eigenvalue weighted by Gasteiger charge is -2.22. The van der Waals surface area contributed by atoms with Crippen molar-refractivity contribution in [2.75, 3.05) is 13.1 Å². The molecule has 1 N–H and O–H groups in total. The van der Waals surface area contributed by atoms with Gasteiger partial charge in [-0.2, -0.15) is 13.2 Å². The van der Waals surface area contributed by atoms with Gasteiger partial charge < -0.3 is 5.32 Å². The summed E-state index contributed by atoms with van der Waals surface area (Å²) in [7, 11) is 0. The van der Waals surface area contributed by atoms with E-state index in [4.69, 9.17) is 0 Å². The van der Waals surface area contributed by atoms with E-state index in [1.807, 2.05) is 0 Å². The Morgan fingerprint density at radius 3 is 2.77 bits per heavy atom. The highest BCUT2D eigenvalue weighted by atomic mass is 19.4. The Morgan fingerprint density at radius 1 is 1.18 bits per heavy atom. The summed E-state index contributed by atoms with van der Waals surface area (Å²) < 4.78 is 38.4. The summed E-state index contributed by atoms with van der Waals surface area (Å²) in [5, 5.41) is 3.31. The van der Waals surface area contributed by atoms with Crippen LogP contribution in [0, 0.1) is 0 Å². The molecule has 3 nitrogen and oxygen atoms in total. The minimum atomic E-state index is -4.35. The first-order valence-electron chi connectivity index (χ1n) is 7.24. The van der Waals surface area contributed by atoms with Gasteiger partial charge in [-0.3, -0.25) is 4.98 Å². The zero-order chi connectivity index (χ0) is 15.6. The molecule has 3 rings (SSSR count). The number of piperidine rings is 1. The zero-order valence-electron chi connectivity index (χ0n) is 11.9. The molecule has 0 bridgehead atoms. The Kier molecular flexibility index (Phi) is 4.11. The summed E-state index contributed by atoms with van der Waals surface area (Å²) in [5.74, 6) is 0.270. The number of nitrogens with zero attached hydrogens (tertiary/aromatic N) is 2. The fourth-order valence-corrected chi connectivity index (χ4v) is 2.68. The number of nitrogens with one attached hydrogen (secondary N) is 1. The smallest absolute Gasteiger partial charge is 0.316 e. The molecule has 2 heterocycles. The van der Waals surface area contributed by atoms with Crippen LogP contribution in [-0.2, 0) is 6.18 Å². The number of alkyl halides is 3. The van der Waals surface area contributed by atoms with Crippen molar-refractivity contribution in [1.82, 2.24) is 15.3 Å². The lowest BCUT2D eigenvalue weighted by molar-refractivity contribution is -0.137. The maximum Gasteiger partial charge on any atom is 0.416 e. The summed E-state index contributed by atoms with van der Waals surface area (Å²) in [6, 6.07) is 5.20. The first-order valence-corrected chi connectivity index (χ1v) is 7.24. The van der Waals surface area contributed by atoms with Crippen LogP contribution < -0.4 is 5.32 Å². The maximum atomic E-state index is 12.8. The largest absolute Gasteiger partial charge is 0.416 e. The minimum absolute atomic E-state index is 0.270. The van der Waals surface area contributed by atoms with E-state index in [1.54, 1.807) is 12.3 Å². The van der Waals surface area contributed by atoms with Crippen LogP contribution in [-0.4, -0.2) is 23.1 Å². The number of aromatic nitrogens is 2. The molecule has 1 aromatic heterocycles. The summed E-state index contributed by atoms with van der Waals surface area (Å²) >= 11 is 0. The standard InChI is InChI=1S/C16H16F3N3/c17-16(18,19)13-5-1-3-11(7-13)14-9-21-10-15(22-14)12-4-2-6-20-8-12/h1,3,5,7,9-10,12,20H,2,4,6,8H2. The Bertz CT molecular complexity index is 649. The Balaban J connectivity index is 1.92. The van der Waals surface area contributed by atoms with Crippen molar-refractivity contribution in [2.24, 2.45) is 0 Å². The van der Waals surface area contributed by atoms with Crippen molar-refractivity contribution in [2.45, 2.75) is 24.9 Å². The highest BCUT2D eigenvalue weighted by molar-refractivity contribution is 5.59. The molecule has 1 saturated heterocycles. The van der Waals surface area contributed by atoms with Gasteiger partial charge in [-0.05, 0) is 31.5 Å². The van der Waals surface area contributed by atoms with Gasteiger partial charge in [-0.1, -0.05) is 12.1 Å². The molecule has 22 heavy (non-hydrogen) atoms. The van der Waals surface area contributed by atoms with E-state index in [0.29, 0.717) is 11.3 Å². The molecule has 0 aliphatic carbocycles. The Labute approximate surface area is 126 Å². The third-order valence-corrected chi connectivity index (χ3v) is 3.85. The average molecular weight is 307 g/mol. The van der Waals surface area contributed by atoms with E-state index in [9.17, 15) is 13.2 Å². The number of rotatable bonds is 2. The normalized spacial score (nSPS) is 19.1.